The third-order valence-electron chi connectivity index (χ3n) is 3.60. The Morgan fingerprint density at radius 3 is 3.00 bits per heavy atom. The summed E-state index contributed by atoms with van der Waals surface area (Å²) < 4.78 is 15.9. The van der Waals surface area contributed by atoms with Crippen molar-refractivity contribution in [2.75, 3.05) is 18.4 Å². The molecule has 1 aromatic carbocycles. The van der Waals surface area contributed by atoms with Crippen LogP contribution in [0.5, 0.6) is 11.5 Å². The lowest BCUT2D eigenvalue weighted by Gasteiger charge is -2.21. The maximum absolute atomic E-state index is 12.2. The van der Waals surface area contributed by atoms with E-state index in [-0.39, 0.29) is 25.3 Å². The van der Waals surface area contributed by atoms with E-state index in [0.29, 0.717) is 29.5 Å². The highest BCUT2D eigenvalue weighted by atomic mass is 32.2. The molecule has 2 aliphatic heterocycles. The summed E-state index contributed by atoms with van der Waals surface area (Å²) in [7, 11) is 0. The molecule has 0 aliphatic carbocycles. The van der Waals surface area contributed by atoms with Crippen LogP contribution in [0.2, 0.25) is 0 Å². The van der Waals surface area contributed by atoms with Gasteiger partial charge in [-0.15, -0.1) is 11.8 Å². The molecule has 1 atom stereocenters. The maximum Gasteiger partial charge on any atom is 0.330 e. The predicted octanol–water partition coefficient (Wildman–Crippen LogP) is 1.77. The average molecular weight is 323 g/mol. The first-order valence-corrected chi connectivity index (χ1v) is 8.27. The summed E-state index contributed by atoms with van der Waals surface area (Å²) >= 11 is 1.57. The molecule has 0 N–H and O–H groups in total. The number of nitrogens with zero attached hydrogens (tertiary/aromatic N) is 1. The molecule has 7 heteroatoms. The Morgan fingerprint density at radius 1 is 1.36 bits per heavy atom. The Hall–Kier alpha value is -1.89. The van der Waals surface area contributed by atoms with Crippen molar-refractivity contribution in [2.45, 2.75) is 26.0 Å². The van der Waals surface area contributed by atoms with Gasteiger partial charge in [-0.1, -0.05) is 13.0 Å². The molecule has 2 heterocycles. The van der Waals surface area contributed by atoms with Gasteiger partial charge in [0.15, 0.2) is 11.5 Å². The first-order chi connectivity index (χ1) is 10.7. The zero-order valence-corrected chi connectivity index (χ0v) is 13.1. The third-order valence-corrected chi connectivity index (χ3v) is 4.61. The number of amides is 1. The number of carbonyl (C=O) groups is 2. The van der Waals surface area contributed by atoms with Crippen molar-refractivity contribution in [3.63, 3.8) is 0 Å². The van der Waals surface area contributed by atoms with E-state index in [2.05, 4.69) is 0 Å². The Balaban J connectivity index is 1.59. The van der Waals surface area contributed by atoms with E-state index in [0.717, 1.165) is 5.56 Å². The molecule has 0 aromatic heterocycles. The second-order valence-electron chi connectivity index (χ2n) is 5.03. The fourth-order valence-corrected chi connectivity index (χ4v) is 3.53. The molecule has 118 valence electrons. The smallest absolute Gasteiger partial charge is 0.330 e. The topological polar surface area (TPSA) is 65.1 Å². The van der Waals surface area contributed by atoms with Crippen LogP contribution in [0.15, 0.2) is 18.2 Å². The Morgan fingerprint density at radius 2 is 2.18 bits per heavy atom. The van der Waals surface area contributed by atoms with Crippen molar-refractivity contribution in [3.8, 4) is 11.5 Å². The van der Waals surface area contributed by atoms with Gasteiger partial charge in [0.1, 0.15) is 12.6 Å². The van der Waals surface area contributed by atoms with E-state index >= 15 is 0 Å². The number of thioether (sulfide) groups is 1. The van der Waals surface area contributed by atoms with E-state index in [1.54, 1.807) is 35.7 Å². The number of hydrogen-bond acceptors (Lipinski definition) is 6. The van der Waals surface area contributed by atoms with Gasteiger partial charge in [0.05, 0.1) is 5.88 Å². The second-order valence-corrected chi connectivity index (χ2v) is 6.03. The molecule has 1 amide bonds. The minimum atomic E-state index is -0.480. The lowest BCUT2D eigenvalue weighted by atomic mass is 10.2. The predicted molar refractivity (Wildman–Crippen MR) is 80.6 cm³/mol. The lowest BCUT2D eigenvalue weighted by molar-refractivity contribution is -0.154. The summed E-state index contributed by atoms with van der Waals surface area (Å²) in [5.41, 5.74) is 0.830. The van der Waals surface area contributed by atoms with Crippen LogP contribution in [0.1, 0.15) is 18.9 Å². The summed E-state index contributed by atoms with van der Waals surface area (Å²) in [6.07, 6.45) is 0.395. The summed E-state index contributed by atoms with van der Waals surface area (Å²) in [4.78, 5) is 25.6. The standard InChI is InChI=1S/C15H17NO5S/c1-2-14(17)16-8-22-7-11(16)15(18)19-6-10-3-4-12-13(5-10)21-9-20-12/h3-5,11H,2,6-9H2,1H3/t11-/m1/s1. The average Bonchev–Trinajstić information content (AvgIpc) is 3.19. The van der Waals surface area contributed by atoms with E-state index in [4.69, 9.17) is 14.2 Å². The number of rotatable bonds is 4. The molecule has 22 heavy (non-hydrogen) atoms. The summed E-state index contributed by atoms with van der Waals surface area (Å²) in [5.74, 6) is 2.12. The number of carbonyl (C=O) groups excluding carboxylic acids is 2. The molecule has 0 radical (unpaired) electrons. The first kappa shape index (κ1) is 15.0. The zero-order valence-electron chi connectivity index (χ0n) is 12.2. The minimum Gasteiger partial charge on any atom is -0.459 e. The third kappa shape index (κ3) is 2.99. The second kappa shape index (κ2) is 6.48. The highest BCUT2D eigenvalue weighted by Crippen LogP contribution is 2.32. The van der Waals surface area contributed by atoms with Gasteiger partial charge in [-0.05, 0) is 17.7 Å². The zero-order chi connectivity index (χ0) is 15.5. The molecule has 0 unspecified atom stereocenters. The molecule has 6 nitrogen and oxygen atoms in total. The quantitative estimate of drug-likeness (QED) is 0.787. The number of esters is 1. The van der Waals surface area contributed by atoms with Gasteiger partial charge in [-0.25, -0.2) is 4.79 Å². The van der Waals surface area contributed by atoms with Gasteiger partial charge in [-0.3, -0.25) is 4.79 Å². The van der Waals surface area contributed by atoms with E-state index in [1.165, 1.54) is 0 Å². The Kier molecular flexibility index (Phi) is 4.42. The number of benzene rings is 1. The van der Waals surface area contributed by atoms with Gasteiger partial charge in [-0.2, -0.15) is 0 Å². The number of fused-ring (bicyclic) bond motifs is 1. The monoisotopic (exact) mass is 323 g/mol. The number of ether oxygens (including phenoxy) is 3. The largest absolute Gasteiger partial charge is 0.459 e. The summed E-state index contributed by atoms with van der Waals surface area (Å²) in [5, 5.41) is 0. The molecule has 1 fully saturated rings. The van der Waals surface area contributed by atoms with Crippen molar-refractivity contribution in [3.05, 3.63) is 23.8 Å². The highest BCUT2D eigenvalue weighted by Gasteiger charge is 2.35. The van der Waals surface area contributed by atoms with Crippen LogP contribution in [0.25, 0.3) is 0 Å². The molecule has 1 saturated heterocycles. The normalized spacial score (nSPS) is 19.3. The van der Waals surface area contributed by atoms with E-state index < -0.39 is 6.04 Å². The van der Waals surface area contributed by atoms with Crippen LogP contribution in [-0.4, -0.2) is 41.2 Å². The molecule has 0 spiro atoms. The minimum absolute atomic E-state index is 0.0185. The van der Waals surface area contributed by atoms with Crippen LogP contribution >= 0.6 is 11.8 Å². The molecule has 3 rings (SSSR count). The fraction of sp³-hybridized carbons (Fsp3) is 0.467. The molecular formula is C15H17NO5S. The SMILES string of the molecule is CCC(=O)N1CSC[C@@H]1C(=O)OCc1ccc2c(c1)OCO2. The Labute approximate surface area is 132 Å². The van der Waals surface area contributed by atoms with Crippen molar-refractivity contribution in [2.24, 2.45) is 0 Å². The summed E-state index contributed by atoms with van der Waals surface area (Å²) in [6, 6.07) is 4.95. The van der Waals surface area contributed by atoms with Crippen LogP contribution < -0.4 is 9.47 Å². The van der Waals surface area contributed by atoms with Gasteiger partial charge < -0.3 is 19.1 Å². The number of hydrogen-bond donors (Lipinski definition) is 0. The van der Waals surface area contributed by atoms with Gasteiger partial charge in [0.2, 0.25) is 12.7 Å². The van der Waals surface area contributed by atoms with Crippen molar-refractivity contribution >= 4 is 23.6 Å². The van der Waals surface area contributed by atoms with Crippen molar-refractivity contribution < 1.29 is 23.8 Å². The maximum atomic E-state index is 12.2. The van der Waals surface area contributed by atoms with Crippen LogP contribution in [0, 0.1) is 0 Å². The van der Waals surface area contributed by atoms with Crippen LogP contribution in [0.4, 0.5) is 0 Å². The molecule has 1 aromatic rings. The fourth-order valence-electron chi connectivity index (χ4n) is 2.37. The summed E-state index contributed by atoms with van der Waals surface area (Å²) in [6.45, 7) is 2.16. The molecule has 0 bridgehead atoms. The molecule has 2 aliphatic rings. The highest BCUT2D eigenvalue weighted by molar-refractivity contribution is 7.99. The van der Waals surface area contributed by atoms with Gasteiger partial charge >= 0.3 is 5.97 Å². The van der Waals surface area contributed by atoms with Crippen molar-refractivity contribution in [1.29, 1.82) is 0 Å². The van der Waals surface area contributed by atoms with Gasteiger partial charge in [0.25, 0.3) is 0 Å². The molecular weight excluding hydrogens is 306 g/mol. The van der Waals surface area contributed by atoms with Crippen molar-refractivity contribution in [1.82, 2.24) is 4.90 Å². The van der Waals surface area contributed by atoms with Gasteiger partial charge in [0, 0.05) is 12.2 Å². The first-order valence-electron chi connectivity index (χ1n) is 7.11. The molecule has 0 saturated carbocycles. The van der Waals surface area contributed by atoms with E-state index in [1.807, 2.05) is 6.07 Å². The van der Waals surface area contributed by atoms with Crippen LogP contribution in [0.3, 0.4) is 0 Å². The lowest BCUT2D eigenvalue weighted by Crippen LogP contribution is -2.42. The Bertz CT molecular complexity index is 591. The van der Waals surface area contributed by atoms with E-state index in [9.17, 15) is 9.59 Å². The van der Waals surface area contributed by atoms with Crippen LogP contribution in [-0.2, 0) is 20.9 Å².